The summed E-state index contributed by atoms with van der Waals surface area (Å²) in [6, 6.07) is 15.8. The van der Waals surface area contributed by atoms with Gasteiger partial charge in [-0.05, 0) is 37.6 Å². The highest BCUT2D eigenvalue weighted by Crippen LogP contribution is 2.37. The van der Waals surface area contributed by atoms with E-state index in [0.717, 1.165) is 16.1 Å². The van der Waals surface area contributed by atoms with Gasteiger partial charge in [0.1, 0.15) is 0 Å². The third-order valence-corrected chi connectivity index (χ3v) is 4.64. The van der Waals surface area contributed by atoms with Gasteiger partial charge in [-0.3, -0.25) is 0 Å². The minimum Gasteiger partial charge on any atom is -0.411 e. The maximum Gasteiger partial charge on any atom is 0.277 e. The summed E-state index contributed by atoms with van der Waals surface area (Å²) in [6.45, 7) is 4.12. The molecular weight excluding hydrogens is 316 g/mol. The fourth-order valence-corrected chi connectivity index (χ4v) is 3.30. The number of nitrogens with zero attached hydrogens (tertiary/aromatic N) is 2. The summed E-state index contributed by atoms with van der Waals surface area (Å²) in [5, 5.41) is 9.66. The Bertz CT molecular complexity index is 770. The van der Waals surface area contributed by atoms with E-state index in [2.05, 4.69) is 17.1 Å². The number of rotatable bonds is 4. The van der Waals surface area contributed by atoms with Crippen LogP contribution in [-0.2, 0) is 0 Å². The van der Waals surface area contributed by atoms with Crippen molar-refractivity contribution < 1.29 is 4.42 Å². The van der Waals surface area contributed by atoms with Gasteiger partial charge in [0.2, 0.25) is 5.89 Å². The van der Waals surface area contributed by atoms with Crippen LogP contribution in [0.1, 0.15) is 23.3 Å². The lowest BCUT2D eigenvalue weighted by Crippen LogP contribution is -1.89. The number of halogens is 1. The Balaban J connectivity index is 1.77. The zero-order valence-electron chi connectivity index (χ0n) is 12.3. The first-order valence-electron chi connectivity index (χ1n) is 6.95. The molecule has 3 rings (SSSR count). The predicted molar refractivity (Wildman–Crippen MR) is 90.2 cm³/mol. The summed E-state index contributed by atoms with van der Waals surface area (Å²) in [5.74, 6) is 0.536. The molecule has 5 heteroatoms. The largest absolute Gasteiger partial charge is 0.411 e. The molecule has 0 amide bonds. The van der Waals surface area contributed by atoms with Crippen molar-refractivity contribution in [1.29, 1.82) is 0 Å². The molecule has 1 aromatic heterocycles. The maximum atomic E-state index is 6.22. The van der Waals surface area contributed by atoms with Gasteiger partial charge in [0.15, 0.2) is 0 Å². The van der Waals surface area contributed by atoms with Gasteiger partial charge in [0, 0.05) is 15.8 Å². The number of aromatic nitrogens is 2. The van der Waals surface area contributed by atoms with Gasteiger partial charge in [-0.15, -0.1) is 10.2 Å². The Hall–Kier alpha value is -1.78. The average Bonchev–Trinajstić information content (AvgIpc) is 2.97. The minimum absolute atomic E-state index is 0.139. The molecule has 0 saturated carbocycles. The molecule has 0 aliphatic rings. The molecule has 0 spiro atoms. The van der Waals surface area contributed by atoms with Crippen LogP contribution in [0.25, 0.3) is 11.5 Å². The molecule has 0 fully saturated rings. The van der Waals surface area contributed by atoms with E-state index >= 15 is 0 Å². The first-order chi connectivity index (χ1) is 10.6. The monoisotopic (exact) mass is 330 g/mol. The molecule has 0 N–H and O–H groups in total. The van der Waals surface area contributed by atoms with Gasteiger partial charge < -0.3 is 4.42 Å². The number of thioether (sulfide) groups is 1. The molecule has 2 aromatic carbocycles. The van der Waals surface area contributed by atoms with Crippen LogP contribution in [-0.4, -0.2) is 10.2 Å². The molecule has 1 heterocycles. The first-order valence-corrected chi connectivity index (χ1v) is 8.21. The second-order valence-corrected chi connectivity index (χ2v) is 6.72. The van der Waals surface area contributed by atoms with Crippen molar-refractivity contribution in [3.05, 3.63) is 64.7 Å². The summed E-state index contributed by atoms with van der Waals surface area (Å²) >= 11 is 7.73. The van der Waals surface area contributed by atoms with E-state index in [1.807, 2.05) is 55.5 Å². The molecule has 1 atom stereocenters. The maximum absolute atomic E-state index is 6.22. The molecule has 3 nitrogen and oxygen atoms in total. The molecule has 0 saturated heterocycles. The van der Waals surface area contributed by atoms with E-state index < -0.39 is 0 Å². The van der Waals surface area contributed by atoms with E-state index in [9.17, 15) is 0 Å². The Kier molecular flexibility index (Phi) is 4.50. The predicted octanol–water partition coefficient (Wildman–Crippen LogP) is 5.55. The fourth-order valence-electron chi connectivity index (χ4n) is 2.09. The molecule has 0 radical (unpaired) electrons. The lowest BCUT2D eigenvalue weighted by atomic mass is 10.1. The zero-order chi connectivity index (χ0) is 15.5. The third-order valence-electron chi connectivity index (χ3n) is 3.33. The molecular formula is C17H15ClN2OS. The van der Waals surface area contributed by atoms with Crippen molar-refractivity contribution in [3.8, 4) is 11.5 Å². The minimum atomic E-state index is 0.139. The summed E-state index contributed by atoms with van der Waals surface area (Å²) in [6.07, 6.45) is 0. The molecule has 0 aliphatic carbocycles. The van der Waals surface area contributed by atoms with Gasteiger partial charge in [0.25, 0.3) is 5.22 Å². The van der Waals surface area contributed by atoms with Crippen LogP contribution in [0.15, 0.2) is 58.2 Å². The van der Waals surface area contributed by atoms with Crippen molar-refractivity contribution in [2.75, 3.05) is 0 Å². The van der Waals surface area contributed by atoms with Gasteiger partial charge in [0.05, 0.1) is 0 Å². The summed E-state index contributed by atoms with van der Waals surface area (Å²) in [5.41, 5.74) is 3.19. The van der Waals surface area contributed by atoms with Crippen LogP contribution in [0.3, 0.4) is 0 Å². The van der Waals surface area contributed by atoms with E-state index in [1.165, 1.54) is 17.3 Å². The van der Waals surface area contributed by atoms with Gasteiger partial charge in [-0.25, -0.2) is 0 Å². The third kappa shape index (κ3) is 3.34. The second-order valence-electron chi connectivity index (χ2n) is 5.02. The van der Waals surface area contributed by atoms with Crippen molar-refractivity contribution in [2.45, 2.75) is 24.3 Å². The number of benzene rings is 2. The molecule has 0 bridgehead atoms. The summed E-state index contributed by atoms with van der Waals surface area (Å²) in [7, 11) is 0. The highest BCUT2D eigenvalue weighted by Gasteiger charge is 2.15. The van der Waals surface area contributed by atoms with Crippen LogP contribution in [0.5, 0.6) is 0 Å². The van der Waals surface area contributed by atoms with E-state index in [1.54, 1.807) is 0 Å². The molecule has 112 valence electrons. The Morgan fingerprint density at radius 3 is 2.50 bits per heavy atom. The van der Waals surface area contributed by atoms with Crippen molar-refractivity contribution in [2.24, 2.45) is 0 Å². The van der Waals surface area contributed by atoms with Gasteiger partial charge in [-0.1, -0.05) is 59.3 Å². The van der Waals surface area contributed by atoms with Crippen LogP contribution >= 0.6 is 23.4 Å². The van der Waals surface area contributed by atoms with Crippen LogP contribution in [0, 0.1) is 6.92 Å². The second kappa shape index (κ2) is 6.55. The smallest absolute Gasteiger partial charge is 0.277 e. The Morgan fingerprint density at radius 1 is 1.05 bits per heavy atom. The van der Waals surface area contributed by atoms with E-state index in [0.29, 0.717) is 11.1 Å². The van der Waals surface area contributed by atoms with Crippen LogP contribution in [0.2, 0.25) is 5.02 Å². The van der Waals surface area contributed by atoms with Crippen LogP contribution in [0.4, 0.5) is 0 Å². The van der Waals surface area contributed by atoms with E-state index in [4.69, 9.17) is 16.0 Å². The van der Waals surface area contributed by atoms with Gasteiger partial charge in [-0.2, -0.15) is 0 Å². The average molecular weight is 331 g/mol. The number of aryl methyl sites for hydroxylation is 1. The number of hydrogen-bond acceptors (Lipinski definition) is 4. The zero-order valence-corrected chi connectivity index (χ0v) is 13.9. The first kappa shape index (κ1) is 15.1. The Morgan fingerprint density at radius 2 is 1.77 bits per heavy atom. The summed E-state index contributed by atoms with van der Waals surface area (Å²) in [4.78, 5) is 0. The van der Waals surface area contributed by atoms with Crippen molar-refractivity contribution in [3.63, 3.8) is 0 Å². The van der Waals surface area contributed by atoms with Crippen molar-refractivity contribution in [1.82, 2.24) is 10.2 Å². The fraction of sp³-hybridized carbons (Fsp3) is 0.176. The van der Waals surface area contributed by atoms with Gasteiger partial charge >= 0.3 is 0 Å². The lowest BCUT2D eigenvalue weighted by Gasteiger charge is -2.10. The molecule has 0 aliphatic heterocycles. The normalized spacial score (nSPS) is 12.3. The quantitative estimate of drug-likeness (QED) is 0.588. The molecule has 22 heavy (non-hydrogen) atoms. The SMILES string of the molecule is Cc1ccc(-c2nnc(SC(C)c3ccccc3Cl)o2)cc1. The number of hydrogen-bond donors (Lipinski definition) is 0. The van der Waals surface area contributed by atoms with Crippen LogP contribution < -0.4 is 0 Å². The van der Waals surface area contributed by atoms with Crippen molar-refractivity contribution >= 4 is 23.4 Å². The van der Waals surface area contributed by atoms with E-state index in [-0.39, 0.29) is 5.25 Å². The lowest BCUT2D eigenvalue weighted by molar-refractivity contribution is 0.465. The topological polar surface area (TPSA) is 38.9 Å². The molecule has 3 aromatic rings. The summed E-state index contributed by atoms with van der Waals surface area (Å²) < 4.78 is 5.74. The standard InChI is InChI=1S/C17H15ClN2OS/c1-11-7-9-13(10-8-11)16-19-20-17(21-16)22-12(2)14-5-3-4-6-15(14)18/h3-10,12H,1-2H3. The Labute approximate surface area is 138 Å². The molecule has 1 unspecified atom stereocenters. The highest BCUT2D eigenvalue weighted by atomic mass is 35.5. The highest BCUT2D eigenvalue weighted by molar-refractivity contribution is 7.99.